The summed E-state index contributed by atoms with van der Waals surface area (Å²) < 4.78 is 0.987. The first kappa shape index (κ1) is 24.5. The maximum absolute atomic E-state index is 12.6. The molecule has 184 valence electrons. The van der Waals surface area contributed by atoms with Crippen LogP contribution in [0.3, 0.4) is 0 Å². The van der Waals surface area contributed by atoms with E-state index in [1.54, 1.807) is 35.5 Å². The number of halogens is 2. The van der Waals surface area contributed by atoms with E-state index < -0.39 is 0 Å². The number of aromatic nitrogens is 1. The first-order valence-electron chi connectivity index (χ1n) is 11.7. The molecule has 2 aliphatic heterocycles. The third kappa shape index (κ3) is 4.90. The number of imide groups is 1. The van der Waals surface area contributed by atoms with Gasteiger partial charge in [0, 0.05) is 78.9 Å². The molecular formula is C25H27Cl2N5O2S. The minimum atomic E-state index is -0.263. The van der Waals surface area contributed by atoms with Crippen molar-refractivity contribution in [3.8, 4) is 11.1 Å². The Morgan fingerprint density at radius 1 is 1.14 bits per heavy atom. The molecule has 0 saturated carbocycles. The molecule has 35 heavy (non-hydrogen) atoms. The highest BCUT2D eigenvalue weighted by atomic mass is 35.5. The fraction of sp³-hybridized carbons (Fsp3) is 0.400. The van der Waals surface area contributed by atoms with E-state index in [-0.39, 0.29) is 18.5 Å². The zero-order valence-corrected chi connectivity index (χ0v) is 22.0. The zero-order chi connectivity index (χ0) is 24.7. The number of fused-ring (bicyclic) bond motifs is 1. The van der Waals surface area contributed by atoms with Gasteiger partial charge in [-0.25, -0.2) is 4.79 Å². The molecule has 3 aromatic rings. The number of carbonyl (C=O) groups is 2. The molecule has 7 nitrogen and oxygen atoms in total. The smallest absolute Gasteiger partial charge is 0.326 e. The summed E-state index contributed by atoms with van der Waals surface area (Å²) in [6, 6.07) is 7.85. The minimum absolute atomic E-state index is 0.146. The van der Waals surface area contributed by atoms with Gasteiger partial charge in [0.15, 0.2) is 0 Å². The summed E-state index contributed by atoms with van der Waals surface area (Å²) in [6.07, 6.45) is 2.12. The zero-order valence-electron chi connectivity index (χ0n) is 19.7. The second-order valence-corrected chi connectivity index (χ2v) is 11.1. The predicted molar refractivity (Wildman–Crippen MR) is 141 cm³/mol. The Bertz CT molecular complexity index is 1300. The maximum atomic E-state index is 12.6. The molecule has 0 aliphatic carbocycles. The number of rotatable bonds is 5. The number of benzene rings is 1. The van der Waals surface area contributed by atoms with Gasteiger partial charge in [0.05, 0.1) is 16.8 Å². The SMILES string of the molecule is C[C@H]1CNCCN1Cc1c(Cl)cc(Cl)cc1-c1ccnc2cc(CN3C(=O)CCN(C)C3=O)sc12. The largest absolute Gasteiger partial charge is 0.327 e. The Hall–Kier alpha value is -2.23. The molecule has 10 heteroatoms. The van der Waals surface area contributed by atoms with Crippen molar-refractivity contribution in [2.24, 2.45) is 0 Å². The molecule has 4 heterocycles. The lowest BCUT2D eigenvalue weighted by atomic mass is 9.98. The van der Waals surface area contributed by atoms with Crippen molar-refractivity contribution < 1.29 is 9.59 Å². The molecule has 0 unspecified atom stereocenters. The average molecular weight is 532 g/mol. The summed E-state index contributed by atoms with van der Waals surface area (Å²) >= 11 is 14.8. The van der Waals surface area contributed by atoms with Gasteiger partial charge in [-0.1, -0.05) is 23.2 Å². The van der Waals surface area contributed by atoms with Gasteiger partial charge < -0.3 is 10.2 Å². The van der Waals surface area contributed by atoms with Crippen molar-refractivity contribution >= 4 is 56.7 Å². The van der Waals surface area contributed by atoms with E-state index in [0.717, 1.165) is 58.0 Å². The maximum Gasteiger partial charge on any atom is 0.326 e. The van der Waals surface area contributed by atoms with E-state index in [4.69, 9.17) is 23.2 Å². The summed E-state index contributed by atoms with van der Waals surface area (Å²) in [6.45, 7) is 6.46. The van der Waals surface area contributed by atoms with Gasteiger partial charge in [-0.2, -0.15) is 0 Å². The van der Waals surface area contributed by atoms with E-state index in [0.29, 0.717) is 29.1 Å². The molecule has 0 bridgehead atoms. The van der Waals surface area contributed by atoms with Crippen molar-refractivity contribution in [2.45, 2.75) is 32.5 Å². The number of thiophene rings is 1. The third-order valence-electron chi connectivity index (χ3n) is 6.75. The molecule has 1 aromatic carbocycles. The highest BCUT2D eigenvalue weighted by Crippen LogP contribution is 2.40. The lowest BCUT2D eigenvalue weighted by molar-refractivity contribution is -0.131. The molecular weight excluding hydrogens is 505 g/mol. The highest BCUT2D eigenvalue weighted by molar-refractivity contribution is 7.19. The Balaban J connectivity index is 1.53. The van der Waals surface area contributed by atoms with Crippen LogP contribution in [0.15, 0.2) is 30.5 Å². The standard InChI is InChI=1S/C25H27Cl2N5O2S/c1-15-12-28-6-8-31(15)14-20-19(9-16(26)10-21(20)27)18-3-5-29-22-11-17(35-24(18)22)13-32-23(33)4-7-30(2)25(32)34/h3,5,9-11,15,28H,4,6-8,12-14H2,1-2H3/t15-/m0/s1. The van der Waals surface area contributed by atoms with E-state index in [1.165, 1.54) is 4.90 Å². The number of piperazine rings is 1. The fourth-order valence-corrected chi connectivity index (χ4v) is 6.41. The Morgan fingerprint density at radius 3 is 2.77 bits per heavy atom. The molecule has 2 saturated heterocycles. The number of pyridine rings is 1. The monoisotopic (exact) mass is 531 g/mol. The van der Waals surface area contributed by atoms with Gasteiger partial charge in [0.1, 0.15) is 0 Å². The number of nitrogens with zero attached hydrogens (tertiary/aromatic N) is 4. The summed E-state index contributed by atoms with van der Waals surface area (Å²) in [5, 5.41) is 4.66. The molecule has 2 aromatic heterocycles. The number of nitrogens with one attached hydrogen (secondary N) is 1. The second kappa shape index (κ2) is 10.0. The van der Waals surface area contributed by atoms with Crippen molar-refractivity contribution in [1.82, 2.24) is 25.0 Å². The van der Waals surface area contributed by atoms with Crippen molar-refractivity contribution in [1.29, 1.82) is 0 Å². The molecule has 0 spiro atoms. The molecule has 2 fully saturated rings. The van der Waals surface area contributed by atoms with Crippen LogP contribution in [-0.2, 0) is 17.9 Å². The van der Waals surface area contributed by atoms with Crippen LogP contribution in [-0.4, -0.2) is 70.9 Å². The van der Waals surface area contributed by atoms with Crippen LogP contribution >= 0.6 is 34.5 Å². The third-order valence-corrected chi connectivity index (χ3v) is 8.44. The lowest BCUT2D eigenvalue weighted by Crippen LogP contribution is -2.49. The van der Waals surface area contributed by atoms with Gasteiger partial charge in [-0.3, -0.25) is 19.6 Å². The molecule has 1 N–H and O–H groups in total. The lowest BCUT2D eigenvalue weighted by Gasteiger charge is -2.34. The molecule has 2 aliphatic rings. The van der Waals surface area contributed by atoms with E-state index >= 15 is 0 Å². The van der Waals surface area contributed by atoms with Crippen molar-refractivity contribution in [3.05, 3.63) is 50.9 Å². The van der Waals surface area contributed by atoms with Gasteiger partial charge in [-0.15, -0.1) is 11.3 Å². The molecule has 5 rings (SSSR count). The van der Waals surface area contributed by atoms with Crippen molar-refractivity contribution in [2.75, 3.05) is 33.2 Å². The van der Waals surface area contributed by atoms with Crippen LogP contribution in [0.1, 0.15) is 23.8 Å². The average Bonchev–Trinajstić information content (AvgIpc) is 3.25. The van der Waals surface area contributed by atoms with Gasteiger partial charge in [0.2, 0.25) is 5.91 Å². The Labute approximate surface area is 218 Å². The quantitative estimate of drug-likeness (QED) is 0.509. The van der Waals surface area contributed by atoms with Crippen LogP contribution in [0.4, 0.5) is 4.79 Å². The van der Waals surface area contributed by atoms with Crippen LogP contribution in [0.5, 0.6) is 0 Å². The predicted octanol–water partition coefficient (Wildman–Crippen LogP) is 4.85. The van der Waals surface area contributed by atoms with Gasteiger partial charge in [0.25, 0.3) is 0 Å². The minimum Gasteiger partial charge on any atom is -0.327 e. The van der Waals surface area contributed by atoms with Crippen LogP contribution < -0.4 is 5.32 Å². The number of amides is 3. The molecule has 1 atom stereocenters. The molecule has 3 amide bonds. The Morgan fingerprint density at radius 2 is 1.97 bits per heavy atom. The first-order valence-corrected chi connectivity index (χ1v) is 13.2. The van der Waals surface area contributed by atoms with Crippen molar-refractivity contribution in [3.63, 3.8) is 0 Å². The fourth-order valence-electron chi connectivity index (χ4n) is 4.72. The van der Waals surface area contributed by atoms with Crippen LogP contribution in [0, 0.1) is 0 Å². The number of hydrogen-bond donors (Lipinski definition) is 1. The number of hydrogen-bond acceptors (Lipinski definition) is 6. The first-order chi connectivity index (χ1) is 16.8. The molecule has 0 radical (unpaired) electrons. The normalized spacial score (nSPS) is 19.7. The van der Waals surface area contributed by atoms with Crippen LogP contribution in [0.2, 0.25) is 10.0 Å². The van der Waals surface area contributed by atoms with Gasteiger partial charge in [-0.05, 0) is 42.3 Å². The topological polar surface area (TPSA) is 68.8 Å². The number of urea groups is 1. The summed E-state index contributed by atoms with van der Waals surface area (Å²) in [5.74, 6) is -0.146. The highest BCUT2D eigenvalue weighted by Gasteiger charge is 2.30. The Kier molecular flexibility index (Phi) is 7.01. The summed E-state index contributed by atoms with van der Waals surface area (Å²) in [5.41, 5.74) is 3.85. The van der Waals surface area contributed by atoms with E-state index in [9.17, 15) is 9.59 Å². The van der Waals surface area contributed by atoms with Gasteiger partial charge >= 0.3 is 6.03 Å². The van der Waals surface area contributed by atoms with Crippen LogP contribution in [0.25, 0.3) is 21.3 Å². The van der Waals surface area contributed by atoms with E-state index in [2.05, 4.69) is 22.1 Å². The summed E-state index contributed by atoms with van der Waals surface area (Å²) in [7, 11) is 1.72. The van der Waals surface area contributed by atoms with E-state index in [1.807, 2.05) is 18.2 Å². The summed E-state index contributed by atoms with van der Waals surface area (Å²) in [4.78, 5) is 35.8. The second-order valence-electron chi connectivity index (χ2n) is 9.16. The number of carbonyl (C=O) groups excluding carboxylic acids is 2.